The molecule has 0 N–H and O–H groups in total. The molecule has 0 radical (unpaired) electrons. The number of aromatic nitrogens is 2. The van der Waals surface area contributed by atoms with Gasteiger partial charge in [-0.05, 0) is 31.5 Å². The summed E-state index contributed by atoms with van der Waals surface area (Å²) in [5.41, 5.74) is 3.63. The third-order valence-electron chi connectivity index (χ3n) is 3.15. The molecule has 0 fully saturated rings. The Hall–Kier alpha value is -1.69. The predicted molar refractivity (Wildman–Crippen MR) is 73.5 cm³/mol. The maximum Gasteiger partial charge on any atom is 0.573 e. The summed E-state index contributed by atoms with van der Waals surface area (Å²) in [4.78, 5) is 0. The third-order valence-corrected chi connectivity index (χ3v) is 3.42. The Morgan fingerprint density at radius 2 is 1.81 bits per heavy atom. The fourth-order valence-electron chi connectivity index (χ4n) is 2.05. The Labute approximate surface area is 125 Å². The van der Waals surface area contributed by atoms with Crippen LogP contribution in [-0.2, 0) is 12.4 Å². The Bertz CT molecular complexity index is 620. The summed E-state index contributed by atoms with van der Waals surface area (Å²) in [5.74, 6) is 0.150. The summed E-state index contributed by atoms with van der Waals surface area (Å²) in [6.45, 7) is 4.26. The summed E-state index contributed by atoms with van der Waals surface area (Å²) in [6, 6.07) is 5.74. The number of ether oxygens (including phenoxy) is 1. The molecular weight excluding hydrogens is 305 g/mol. The lowest BCUT2D eigenvalue weighted by Crippen LogP contribution is -2.17. The van der Waals surface area contributed by atoms with Crippen LogP contribution in [0.25, 0.3) is 0 Å². The highest BCUT2D eigenvalue weighted by Gasteiger charge is 2.30. The average molecular weight is 319 g/mol. The fourth-order valence-corrected chi connectivity index (χ4v) is 2.44. The molecule has 0 saturated carbocycles. The Balaban J connectivity index is 2.14. The summed E-state index contributed by atoms with van der Waals surface area (Å²) < 4.78 is 41.9. The SMILES string of the molecule is Cc1nn(Cc2ccc(OC(F)(F)F)cc2)c(C)c1CCl. The zero-order valence-corrected chi connectivity index (χ0v) is 12.3. The molecule has 1 aromatic heterocycles. The smallest absolute Gasteiger partial charge is 0.406 e. The predicted octanol–water partition coefficient (Wildman–Crippen LogP) is 4.19. The molecule has 0 saturated heterocycles. The van der Waals surface area contributed by atoms with Crippen LogP contribution in [0.15, 0.2) is 24.3 Å². The maximum absolute atomic E-state index is 12.1. The zero-order valence-electron chi connectivity index (χ0n) is 11.5. The highest BCUT2D eigenvalue weighted by molar-refractivity contribution is 6.17. The molecule has 1 aromatic carbocycles. The van der Waals surface area contributed by atoms with Crippen LogP contribution in [0, 0.1) is 13.8 Å². The van der Waals surface area contributed by atoms with E-state index >= 15 is 0 Å². The Morgan fingerprint density at radius 1 is 1.19 bits per heavy atom. The number of halogens is 4. The highest BCUT2D eigenvalue weighted by Crippen LogP contribution is 2.23. The third kappa shape index (κ3) is 3.91. The molecular formula is C14H14ClF3N2O. The summed E-state index contributed by atoms with van der Waals surface area (Å²) in [7, 11) is 0. The van der Waals surface area contributed by atoms with Gasteiger partial charge in [0, 0.05) is 11.3 Å². The first-order chi connectivity index (χ1) is 9.80. The van der Waals surface area contributed by atoms with Gasteiger partial charge in [-0.15, -0.1) is 24.8 Å². The summed E-state index contributed by atoms with van der Waals surface area (Å²) >= 11 is 5.86. The normalized spacial score (nSPS) is 11.7. The first-order valence-corrected chi connectivity index (χ1v) is 6.77. The van der Waals surface area contributed by atoms with Gasteiger partial charge in [0.2, 0.25) is 0 Å². The van der Waals surface area contributed by atoms with E-state index in [0.29, 0.717) is 12.4 Å². The van der Waals surface area contributed by atoms with Crippen LogP contribution < -0.4 is 4.74 Å². The van der Waals surface area contributed by atoms with Crippen LogP contribution in [0.3, 0.4) is 0 Å². The molecule has 0 amide bonds. The first-order valence-electron chi connectivity index (χ1n) is 6.23. The van der Waals surface area contributed by atoms with Crippen LogP contribution >= 0.6 is 11.6 Å². The standard InChI is InChI=1S/C14H14ClF3N2O/c1-9-13(7-15)10(2)20(19-9)8-11-3-5-12(6-4-11)21-14(16,17)18/h3-6H,7-8H2,1-2H3. The van der Waals surface area contributed by atoms with E-state index in [9.17, 15) is 13.2 Å². The number of hydrogen-bond donors (Lipinski definition) is 0. The van der Waals surface area contributed by atoms with Crippen LogP contribution in [0.1, 0.15) is 22.5 Å². The van der Waals surface area contributed by atoms with Gasteiger partial charge in [-0.2, -0.15) is 5.10 Å². The molecule has 0 spiro atoms. The molecule has 2 aromatic rings. The topological polar surface area (TPSA) is 27.1 Å². The van der Waals surface area contributed by atoms with E-state index in [4.69, 9.17) is 11.6 Å². The van der Waals surface area contributed by atoms with Crippen molar-refractivity contribution in [2.75, 3.05) is 0 Å². The van der Waals surface area contributed by atoms with Crippen molar-refractivity contribution in [1.29, 1.82) is 0 Å². The molecule has 1 heterocycles. The second kappa shape index (κ2) is 5.97. The number of rotatable bonds is 4. The number of alkyl halides is 4. The minimum atomic E-state index is -4.67. The zero-order chi connectivity index (χ0) is 15.6. The Kier molecular flexibility index (Phi) is 4.46. The quantitative estimate of drug-likeness (QED) is 0.791. The first kappa shape index (κ1) is 15.7. The molecule has 0 unspecified atom stereocenters. The molecule has 0 aliphatic heterocycles. The van der Waals surface area contributed by atoms with Gasteiger partial charge in [0.15, 0.2) is 0 Å². The van der Waals surface area contributed by atoms with Gasteiger partial charge in [-0.1, -0.05) is 12.1 Å². The van der Waals surface area contributed by atoms with Crippen molar-refractivity contribution in [3.63, 3.8) is 0 Å². The molecule has 7 heteroatoms. The van der Waals surface area contributed by atoms with Crippen molar-refractivity contribution in [3.8, 4) is 5.75 Å². The van der Waals surface area contributed by atoms with Crippen LogP contribution in [-0.4, -0.2) is 16.1 Å². The summed E-state index contributed by atoms with van der Waals surface area (Å²) in [5, 5.41) is 4.38. The van der Waals surface area contributed by atoms with Gasteiger partial charge >= 0.3 is 6.36 Å². The summed E-state index contributed by atoms with van der Waals surface area (Å²) in [6.07, 6.45) is -4.67. The molecule has 114 valence electrons. The average Bonchev–Trinajstić information content (AvgIpc) is 2.65. The van der Waals surface area contributed by atoms with Crippen LogP contribution in [0.5, 0.6) is 5.75 Å². The highest BCUT2D eigenvalue weighted by atomic mass is 35.5. The molecule has 0 bridgehead atoms. The van der Waals surface area contributed by atoms with E-state index in [1.807, 2.05) is 13.8 Å². The molecule has 0 atom stereocenters. The van der Waals surface area contributed by atoms with Gasteiger partial charge in [0.1, 0.15) is 5.75 Å². The number of nitrogens with zero attached hydrogens (tertiary/aromatic N) is 2. The maximum atomic E-state index is 12.1. The van der Waals surface area contributed by atoms with E-state index in [-0.39, 0.29) is 5.75 Å². The lowest BCUT2D eigenvalue weighted by atomic mass is 10.2. The van der Waals surface area contributed by atoms with Crippen molar-refractivity contribution < 1.29 is 17.9 Å². The number of aryl methyl sites for hydroxylation is 1. The van der Waals surface area contributed by atoms with E-state index in [0.717, 1.165) is 22.5 Å². The van der Waals surface area contributed by atoms with Gasteiger partial charge in [-0.3, -0.25) is 4.68 Å². The largest absolute Gasteiger partial charge is 0.573 e. The molecule has 0 aliphatic carbocycles. The molecule has 3 nitrogen and oxygen atoms in total. The van der Waals surface area contributed by atoms with Gasteiger partial charge in [0.05, 0.1) is 18.1 Å². The van der Waals surface area contributed by atoms with Crippen LogP contribution in [0.2, 0.25) is 0 Å². The van der Waals surface area contributed by atoms with Crippen molar-refractivity contribution in [2.24, 2.45) is 0 Å². The van der Waals surface area contributed by atoms with Crippen molar-refractivity contribution in [2.45, 2.75) is 32.6 Å². The minimum absolute atomic E-state index is 0.235. The van der Waals surface area contributed by atoms with E-state index in [1.165, 1.54) is 12.1 Å². The molecule has 21 heavy (non-hydrogen) atoms. The van der Waals surface area contributed by atoms with Crippen LogP contribution in [0.4, 0.5) is 13.2 Å². The fraction of sp³-hybridized carbons (Fsp3) is 0.357. The molecule has 2 rings (SSSR count). The van der Waals surface area contributed by atoms with Gasteiger partial charge in [0.25, 0.3) is 0 Å². The Morgan fingerprint density at radius 3 is 2.29 bits per heavy atom. The van der Waals surface area contributed by atoms with Gasteiger partial charge < -0.3 is 4.74 Å². The second-order valence-electron chi connectivity index (χ2n) is 4.63. The van der Waals surface area contributed by atoms with Crippen molar-refractivity contribution >= 4 is 11.6 Å². The van der Waals surface area contributed by atoms with Crippen molar-refractivity contribution in [1.82, 2.24) is 9.78 Å². The number of hydrogen-bond acceptors (Lipinski definition) is 2. The lowest BCUT2D eigenvalue weighted by molar-refractivity contribution is -0.274. The van der Waals surface area contributed by atoms with E-state index in [2.05, 4.69) is 9.84 Å². The van der Waals surface area contributed by atoms with Gasteiger partial charge in [-0.25, -0.2) is 0 Å². The van der Waals surface area contributed by atoms with E-state index in [1.54, 1.807) is 16.8 Å². The second-order valence-corrected chi connectivity index (χ2v) is 4.90. The monoisotopic (exact) mass is 318 g/mol. The number of benzene rings is 1. The lowest BCUT2D eigenvalue weighted by Gasteiger charge is -2.10. The molecule has 0 aliphatic rings. The van der Waals surface area contributed by atoms with E-state index < -0.39 is 6.36 Å². The van der Waals surface area contributed by atoms with Crippen molar-refractivity contribution in [3.05, 3.63) is 46.8 Å². The minimum Gasteiger partial charge on any atom is -0.406 e.